The highest BCUT2D eigenvalue weighted by Gasteiger charge is 2.31. The van der Waals surface area contributed by atoms with Gasteiger partial charge in [0.2, 0.25) is 0 Å². The summed E-state index contributed by atoms with van der Waals surface area (Å²) in [7, 11) is 0. The van der Waals surface area contributed by atoms with Crippen molar-refractivity contribution in [1.82, 2.24) is 9.13 Å². The molecule has 0 aliphatic carbocycles. The fourth-order valence-electron chi connectivity index (χ4n) is 2.96. The van der Waals surface area contributed by atoms with Crippen molar-refractivity contribution >= 4 is 21.6 Å². The van der Waals surface area contributed by atoms with Gasteiger partial charge < -0.3 is 4.74 Å². The molecule has 0 N–H and O–H groups in total. The fourth-order valence-corrected chi connectivity index (χ4v) is 4.24. The molecule has 0 saturated carbocycles. The number of fused-ring (bicyclic) bond motifs is 3. The van der Waals surface area contributed by atoms with E-state index in [1.54, 1.807) is 4.57 Å². The first-order chi connectivity index (χ1) is 9.89. The largest absolute Gasteiger partial charge is 0.370 e. The number of aromatic nitrogens is 2. The summed E-state index contributed by atoms with van der Waals surface area (Å²) in [5, 5.41) is 0.717. The van der Waals surface area contributed by atoms with E-state index in [1.165, 1.54) is 15.9 Å². The quantitative estimate of drug-likeness (QED) is 0.854. The molecule has 0 amide bonds. The summed E-state index contributed by atoms with van der Waals surface area (Å²) in [4.78, 5) is 27.0. The minimum absolute atomic E-state index is 0.155. The van der Waals surface area contributed by atoms with Crippen LogP contribution in [-0.2, 0) is 30.9 Å². The van der Waals surface area contributed by atoms with E-state index < -0.39 is 0 Å². The maximum Gasteiger partial charge on any atom is 0.332 e. The van der Waals surface area contributed by atoms with Crippen molar-refractivity contribution in [2.24, 2.45) is 0 Å². The summed E-state index contributed by atoms with van der Waals surface area (Å²) in [5.74, 6) is 0. The number of ether oxygens (including phenoxy) is 1. The van der Waals surface area contributed by atoms with E-state index in [0.717, 1.165) is 20.7 Å². The maximum atomic E-state index is 12.7. The van der Waals surface area contributed by atoms with E-state index in [0.29, 0.717) is 26.1 Å². The first kappa shape index (κ1) is 14.5. The number of hydrogen-bond acceptors (Lipinski definition) is 4. The lowest BCUT2D eigenvalue weighted by molar-refractivity contribution is -0.0379. The smallest absolute Gasteiger partial charge is 0.332 e. The standard InChI is InChI=1S/C15H20N2O3S/c1-5-16-12(18)11-9-7-15(3,4)20-8-10(9)21-13(11)17(6-2)14(16)19/h5-8H2,1-4H3. The van der Waals surface area contributed by atoms with Gasteiger partial charge in [-0.25, -0.2) is 4.79 Å². The predicted molar refractivity (Wildman–Crippen MR) is 84.3 cm³/mol. The Kier molecular flexibility index (Phi) is 3.33. The van der Waals surface area contributed by atoms with E-state index in [2.05, 4.69) is 0 Å². The second-order valence-corrected chi connectivity index (χ2v) is 7.07. The molecular weight excluding hydrogens is 288 g/mol. The molecule has 0 fully saturated rings. The highest BCUT2D eigenvalue weighted by Crippen LogP contribution is 2.37. The Balaban J connectivity index is 2.44. The van der Waals surface area contributed by atoms with Crippen molar-refractivity contribution in [3.05, 3.63) is 31.3 Å². The van der Waals surface area contributed by atoms with Gasteiger partial charge in [0.25, 0.3) is 5.56 Å². The van der Waals surface area contributed by atoms with E-state index in [4.69, 9.17) is 4.74 Å². The van der Waals surface area contributed by atoms with Gasteiger partial charge in [-0.2, -0.15) is 0 Å². The van der Waals surface area contributed by atoms with Crippen molar-refractivity contribution in [1.29, 1.82) is 0 Å². The average Bonchev–Trinajstić information content (AvgIpc) is 2.77. The lowest BCUT2D eigenvalue weighted by Crippen LogP contribution is -2.39. The summed E-state index contributed by atoms with van der Waals surface area (Å²) in [5.41, 5.74) is 0.437. The van der Waals surface area contributed by atoms with Crippen molar-refractivity contribution in [2.45, 2.75) is 59.4 Å². The Morgan fingerprint density at radius 3 is 2.48 bits per heavy atom. The Morgan fingerprint density at radius 1 is 1.19 bits per heavy atom. The molecule has 1 aliphatic heterocycles. The monoisotopic (exact) mass is 308 g/mol. The minimum Gasteiger partial charge on any atom is -0.370 e. The number of nitrogens with zero attached hydrogens (tertiary/aromatic N) is 2. The van der Waals surface area contributed by atoms with Gasteiger partial charge >= 0.3 is 5.69 Å². The van der Waals surface area contributed by atoms with Gasteiger partial charge in [0.15, 0.2) is 0 Å². The van der Waals surface area contributed by atoms with Crippen molar-refractivity contribution in [3.8, 4) is 0 Å². The first-order valence-corrected chi connectivity index (χ1v) is 8.13. The van der Waals surface area contributed by atoms with Gasteiger partial charge in [-0.05, 0) is 33.3 Å². The van der Waals surface area contributed by atoms with Crippen LogP contribution in [0.4, 0.5) is 0 Å². The molecule has 0 bridgehead atoms. The summed E-state index contributed by atoms with van der Waals surface area (Å²) in [6.07, 6.45) is 0.712. The van der Waals surface area contributed by atoms with Gasteiger partial charge in [0.05, 0.1) is 17.6 Å². The van der Waals surface area contributed by atoms with E-state index in [-0.39, 0.29) is 16.9 Å². The Hall–Kier alpha value is -1.40. The summed E-state index contributed by atoms with van der Waals surface area (Å²) in [6, 6.07) is 0. The van der Waals surface area contributed by atoms with Gasteiger partial charge in [0.1, 0.15) is 4.83 Å². The third kappa shape index (κ3) is 2.08. The van der Waals surface area contributed by atoms with Crippen LogP contribution in [0.1, 0.15) is 38.1 Å². The molecule has 0 aromatic carbocycles. The van der Waals surface area contributed by atoms with Gasteiger partial charge in [-0.3, -0.25) is 13.9 Å². The summed E-state index contributed by atoms with van der Waals surface area (Å²) >= 11 is 1.52. The molecule has 2 aromatic rings. The third-order valence-electron chi connectivity index (χ3n) is 4.07. The predicted octanol–water partition coefficient (Wildman–Crippen LogP) is 2.12. The third-order valence-corrected chi connectivity index (χ3v) is 5.30. The number of aryl methyl sites for hydroxylation is 1. The maximum absolute atomic E-state index is 12.7. The van der Waals surface area contributed by atoms with Crippen LogP contribution in [0.15, 0.2) is 9.59 Å². The Labute approximate surface area is 126 Å². The molecule has 2 aromatic heterocycles. The van der Waals surface area contributed by atoms with Gasteiger partial charge in [-0.15, -0.1) is 11.3 Å². The van der Waals surface area contributed by atoms with Crippen LogP contribution in [0.25, 0.3) is 10.2 Å². The summed E-state index contributed by atoms with van der Waals surface area (Å²) in [6.45, 7) is 9.33. The van der Waals surface area contributed by atoms with Crippen LogP contribution >= 0.6 is 11.3 Å². The van der Waals surface area contributed by atoms with Crippen molar-refractivity contribution in [3.63, 3.8) is 0 Å². The van der Waals surface area contributed by atoms with E-state index >= 15 is 0 Å². The Bertz CT molecular complexity index is 826. The molecule has 1 aliphatic rings. The molecular formula is C15H20N2O3S. The van der Waals surface area contributed by atoms with E-state index in [9.17, 15) is 9.59 Å². The van der Waals surface area contributed by atoms with Gasteiger partial charge in [-0.1, -0.05) is 0 Å². The normalized spacial score (nSPS) is 17.1. The molecule has 0 radical (unpaired) electrons. The highest BCUT2D eigenvalue weighted by atomic mass is 32.1. The van der Waals surface area contributed by atoms with Crippen LogP contribution in [-0.4, -0.2) is 14.7 Å². The van der Waals surface area contributed by atoms with Crippen LogP contribution in [0, 0.1) is 0 Å². The zero-order chi connectivity index (χ0) is 15.4. The SMILES string of the molecule is CCn1c(=O)c2c3c(sc2n(CC)c1=O)COC(C)(C)C3. The topological polar surface area (TPSA) is 53.2 Å². The van der Waals surface area contributed by atoms with Crippen LogP contribution in [0.5, 0.6) is 0 Å². The second kappa shape index (κ2) is 4.81. The van der Waals surface area contributed by atoms with E-state index in [1.807, 2.05) is 27.7 Å². The molecule has 0 spiro atoms. The molecule has 0 saturated heterocycles. The minimum atomic E-state index is -0.266. The number of rotatable bonds is 2. The first-order valence-electron chi connectivity index (χ1n) is 7.31. The van der Waals surface area contributed by atoms with Crippen LogP contribution in [0.3, 0.4) is 0 Å². The number of thiophene rings is 1. The fraction of sp³-hybridized carbons (Fsp3) is 0.600. The highest BCUT2D eigenvalue weighted by molar-refractivity contribution is 7.18. The molecule has 21 heavy (non-hydrogen) atoms. The molecule has 114 valence electrons. The molecule has 5 nitrogen and oxygen atoms in total. The lowest BCUT2D eigenvalue weighted by atomic mass is 9.94. The molecule has 3 rings (SSSR count). The zero-order valence-corrected chi connectivity index (χ0v) is 13.7. The zero-order valence-electron chi connectivity index (χ0n) is 12.9. The summed E-state index contributed by atoms with van der Waals surface area (Å²) < 4.78 is 8.87. The molecule has 0 unspecified atom stereocenters. The van der Waals surface area contributed by atoms with Crippen molar-refractivity contribution in [2.75, 3.05) is 0 Å². The number of hydrogen-bond donors (Lipinski definition) is 0. The Morgan fingerprint density at radius 2 is 1.86 bits per heavy atom. The average molecular weight is 308 g/mol. The molecule has 3 heterocycles. The second-order valence-electron chi connectivity index (χ2n) is 5.99. The lowest BCUT2D eigenvalue weighted by Gasteiger charge is -2.29. The van der Waals surface area contributed by atoms with Crippen LogP contribution in [0.2, 0.25) is 0 Å². The molecule has 0 atom stereocenters. The van der Waals surface area contributed by atoms with Gasteiger partial charge in [0, 0.05) is 24.4 Å². The van der Waals surface area contributed by atoms with Crippen LogP contribution < -0.4 is 11.2 Å². The molecule has 6 heteroatoms. The van der Waals surface area contributed by atoms with Crippen molar-refractivity contribution < 1.29 is 4.74 Å².